The number of hydrogen-bond acceptors (Lipinski definition) is 3. The Bertz CT molecular complexity index is 1030. The van der Waals surface area contributed by atoms with Crippen molar-refractivity contribution in [1.82, 2.24) is 14.9 Å². The maximum absolute atomic E-state index is 13.0. The minimum Gasteiger partial charge on any atom is -0.342 e. The Balaban J connectivity index is 1.40. The average molecular weight is 361 g/mol. The molecule has 0 unspecified atom stereocenters. The molecule has 1 fully saturated rings. The van der Waals surface area contributed by atoms with Gasteiger partial charge in [0.05, 0.1) is 15.9 Å². The first-order valence-corrected chi connectivity index (χ1v) is 9.82. The number of benzene rings is 2. The van der Waals surface area contributed by atoms with Gasteiger partial charge >= 0.3 is 0 Å². The van der Waals surface area contributed by atoms with Gasteiger partial charge in [-0.2, -0.15) is 0 Å². The van der Waals surface area contributed by atoms with Crippen molar-refractivity contribution in [3.63, 3.8) is 0 Å². The lowest BCUT2D eigenvalue weighted by molar-refractivity contribution is 0.0710. The molecule has 2 aromatic carbocycles. The molecule has 5 rings (SSSR count). The van der Waals surface area contributed by atoms with Gasteiger partial charge < -0.3 is 9.88 Å². The summed E-state index contributed by atoms with van der Waals surface area (Å²) in [6.45, 7) is 1.55. The van der Waals surface area contributed by atoms with E-state index in [4.69, 9.17) is 4.98 Å². The number of para-hydroxylation sites is 2. The van der Waals surface area contributed by atoms with Gasteiger partial charge in [0.1, 0.15) is 5.82 Å². The summed E-state index contributed by atoms with van der Waals surface area (Å²) in [7, 11) is 0. The van der Waals surface area contributed by atoms with E-state index in [-0.39, 0.29) is 11.8 Å². The van der Waals surface area contributed by atoms with Crippen LogP contribution in [0.3, 0.4) is 0 Å². The molecule has 0 radical (unpaired) electrons. The summed E-state index contributed by atoms with van der Waals surface area (Å²) >= 11 is 1.59. The first-order valence-electron chi connectivity index (χ1n) is 9.00. The van der Waals surface area contributed by atoms with Crippen LogP contribution in [-0.4, -0.2) is 33.9 Å². The first-order chi connectivity index (χ1) is 12.8. The van der Waals surface area contributed by atoms with Gasteiger partial charge in [-0.3, -0.25) is 4.79 Å². The molecule has 0 bridgehead atoms. The number of rotatable bonds is 2. The quantitative estimate of drug-likeness (QED) is 0.558. The predicted octanol–water partition coefficient (Wildman–Crippen LogP) is 4.80. The summed E-state index contributed by atoms with van der Waals surface area (Å²) in [5.74, 6) is 1.42. The van der Waals surface area contributed by atoms with Crippen molar-refractivity contribution in [2.24, 2.45) is 0 Å². The number of aromatic amines is 1. The number of hydrogen-bond donors (Lipinski definition) is 1. The van der Waals surface area contributed by atoms with Crippen LogP contribution in [0.1, 0.15) is 34.3 Å². The zero-order valence-corrected chi connectivity index (χ0v) is 15.1. The van der Waals surface area contributed by atoms with Crippen molar-refractivity contribution in [3.05, 3.63) is 65.3 Å². The van der Waals surface area contributed by atoms with E-state index in [0.29, 0.717) is 0 Å². The number of likely N-dealkylation sites (tertiary alicyclic amines) is 1. The van der Waals surface area contributed by atoms with Gasteiger partial charge in [-0.15, -0.1) is 11.3 Å². The normalized spacial score (nSPS) is 17.8. The highest BCUT2D eigenvalue weighted by Gasteiger charge is 2.28. The lowest BCUT2D eigenvalue weighted by atomic mass is 9.97. The molecule has 1 amide bonds. The minimum absolute atomic E-state index is 0.145. The SMILES string of the molecule is O=C(c1cc2ccccc2s1)N1CCC[C@@H](c2nc3ccccc3[nH]2)C1. The fraction of sp³-hybridized carbons (Fsp3) is 0.238. The summed E-state index contributed by atoms with van der Waals surface area (Å²) in [5, 5.41) is 1.15. The number of aromatic nitrogens is 2. The molecule has 2 aromatic heterocycles. The van der Waals surface area contributed by atoms with Crippen LogP contribution in [0.15, 0.2) is 54.6 Å². The molecule has 1 aliphatic heterocycles. The lowest BCUT2D eigenvalue weighted by Gasteiger charge is -2.31. The van der Waals surface area contributed by atoms with E-state index >= 15 is 0 Å². The van der Waals surface area contributed by atoms with E-state index in [1.54, 1.807) is 11.3 Å². The van der Waals surface area contributed by atoms with Crippen molar-refractivity contribution < 1.29 is 4.79 Å². The smallest absolute Gasteiger partial charge is 0.263 e. The Morgan fingerprint density at radius 3 is 2.88 bits per heavy atom. The highest BCUT2D eigenvalue weighted by molar-refractivity contribution is 7.20. The second-order valence-electron chi connectivity index (χ2n) is 6.88. The van der Waals surface area contributed by atoms with Gasteiger partial charge in [-0.1, -0.05) is 30.3 Å². The zero-order chi connectivity index (χ0) is 17.5. The molecule has 130 valence electrons. The summed E-state index contributed by atoms with van der Waals surface area (Å²) in [6.07, 6.45) is 2.08. The molecule has 1 saturated heterocycles. The van der Waals surface area contributed by atoms with Gasteiger partial charge in [0.25, 0.3) is 5.91 Å². The Hall–Kier alpha value is -2.66. The molecule has 4 aromatic rings. The van der Waals surface area contributed by atoms with Gasteiger partial charge in [0.2, 0.25) is 0 Å². The number of amides is 1. The fourth-order valence-corrected chi connectivity index (χ4v) is 4.82. The van der Waals surface area contributed by atoms with Crippen molar-refractivity contribution >= 4 is 38.4 Å². The van der Waals surface area contributed by atoms with E-state index < -0.39 is 0 Å². The Labute approximate surface area is 155 Å². The van der Waals surface area contributed by atoms with E-state index in [1.807, 2.05) is 41.3 Å². The zero-order valence-electron chi connectivity index (χ0n) is 14.3. The molecule has 4 nitrogen and oxygen atoms in total. The van der Waals surface area contributed by atoms with E-state index in [1.165, 1.54) is 4.70 Å². The third-order valence-electron chi connectivity index (χ3n) is 5.14. The number of fused-ring (bicyclic) bond motifs is 2. The highest BCUT2D eigenvalue weighted by atomic mass is 32.1. The average Bonchev–Trinajstić information content (AvgIpc) is 3.31. The first kappa shape index (κ1) is 15.6. The maximum Gasteiger partial charge on any atom is 0.263 e. The Morgan fingerprint density at radius 2 is 2.00 bits per heavy atom. The van der Waals surface area contributed by atoms with Gasteiger partial charge in [0.15, 0.2) is 0 Å². The monoisotopic (exact) mass is 361 g/mol. The summed E-state index contributed by atoms with van der Waals surface area (Å²) in [4.78, 5) is 24.0. The van der Waals surface area contributed by atoms with Crippen molar-refractivity contribution in [2.45, 2.75) is 18.8 Å². The van der Waals surface area contributed by atoms with E-state index in [0.717, 1.165) is 53.1 Å². The highest BCUT2D eigenvalue weighted by Crippen LogP contribution is 2.30. The largest absolute Gasteiger partial charge is 0.342 e. The van der Waals surface area contributed by atoms with Crippen LogP contribution in [0.4, 0.5) is 0 Å². The van der Waals surface area contributed by atoms with Gasteiger partial charge in [-0.05, 0) is 42.5 Å². The minimum atomic E-state index is 0.145. The summed E-state index contributed by atoms with van der Waals surface area (Å²) in [5.41, 5.74) is 2.06. The third kappa shape index (κ3) is 2.69. The summed E-state index contributed by atoms with van der Waals surface area (Å²) < 4.78 is 1.17. The number of nitrogens with zero attached hydrogens (tertiary/aromatic N) is 2. The van der Waals surface area contributed by atoms with Gasteiger partial charge in [-0.25, -0.2) is 4.98 Å². The number of imidazole rings is 1. The number of piperidine rings is 1. The lowest BCUT2D eigenvalue weighted by Crippen LogP contribution is -2.39. The van der Waals surface area contributed by atoms with Crippen LogP contribution in [0, 0.1) is 0 Å². The van der Waals surface area contributed by atoms with Crippen LogP contribution in [0.25, 0.3) is 21.1 Å². The van der Waals surface area contributed by atoms with Crippen LogP contribution < -0.4 is 0 Å². The predicted molar refractivity (Wildman–Crippen MR) is 106 cm³/mol. The van der Waals surface area contributed by atoms with Crippen molar-refractivity contribution in [1.29, 1.82) is 0 Å². The molecular formula is C21H19N3OS. The van der Waals surface area contributed by atoms with E-state index in [2.05, 4.69) is 23.2 Å². The number of carbonyl (C=O) groups excluding carboxylic acids is 1. The second-order valence-corrected chi connectivity index (χ2v) is 7.96. The molecule has 1 N–H and O–H groups in total. The fourth-order valence-electron chi connectivity index (χ4n) is 3.79. The van der Waals surface area contributed by atoms with Crippen LogP contribution in [-0.2, 0) is 0 Å². The summed E-state index contributed by atoms with van der Waals surface area (Å²) in [6, 6.07) is 18.3. The molecule has 0 saturated carbocycles. The molecule has 0 spiro atoms. The van der Waals surface area contributed by atoms with Gasteiger partial charge in [0, 0.05) is 23.7 Å². The standard InChI is InChI=1S/C21H19N3OS/c25-21(19-12-14-6-1-4-10-18(14)26-19)24-11-5-7-15(13-24)20-22-16-8-2-3-9-17(16)23-20/h1-4,6,8-10,12,15H,5,7,11,13H2,(H,22,23)/t15-/m1/s1. The number of nitrogens with one attached hydrogen (secondary N) is 1. The molecular weight excluding hydrogens is 342 g/mol. The number of H-pyrrole nitrogens is 1. The number of thiophene rings is 1. The Kier molecular flexibility index (Phi) is 3.75. The molecule has 3 heterocycles. The molecule has 1 aliphatic rings. The third-order valence-corrected chi connectivity index (χ3v) is 6.24. The Morgan fingerprint density at radius 1 is 1.15 bits per heavy atom. The molecule has 26 heavy (non-hydrogen) atoms. The van der Waals surface area contributed by atoms with Crippen molar-refractivity contribution in [2.75, 3.05) is 13.1 Å². The maximum atomic E-state index is 13.0. The van der Waals surface area contributed by atoms with Crippen LogP contribution in [0.5, 0.6) is 0 Å². The molecule has 1 atom stereocenters. The molecule has 5 heteroatoms. The molecule has 0 aliphatic carbocycles. The number of carbonyl (C=O) groups is 1. The topological polar surface area (TPSA) is 49.0 Å². The second kappa shape index (κ2) is 6.25. The van der Waals surface area contributed by atoms with Crippen molar-refractivity contribution in [3.8, 4) is 0 Å². The van der Waals surface area contributed by atoms with Crippen LogP contribution >= 0.6 is 11.3 Å². The van der Waals surface area contributed by atoms with E-state index in [9.17, 15) is 4.79 Å². The van der Waals surface area contributed by atoms with Crippen LogP contribution in [0.2, 0.25) is 0 Å².